The first-order chi connectivity index (χ1) is 8.79. The SMILES string of the molecule is C[C@H](CC#N)N1CCC(NCc2ccsc2)CC1. The Labute approximate surface area is 113 Å². The summed E-state index contributed by atoms with van der Waals surface area (Å²) in [5.41, 5.74) is 1.39. The van der Waals surface area contributed by atoms with E-state index in [1.165, 1.54) is 18.4 Å². The molecule has 0 unspecified atom stereocenters. The molecule has 0 aliphatic carbocycles. The molecule has 0 amide bonds. The van der Waals surface area contributed by atoms with Gasteiger partial charge in [-0.1, -0.05) is 0 Å². The minimum absolute atomic E-state index is 0.410. The van der Waals surface area contributed by atoms with E-state index < -0.39 is 0 Å². The third kappa shape index (κ3) is 3.81. The van der Waals surface area contributed by atoms with Gasteiger partial charge in [-0.05, 0) is 55.2 Å². The van der Waals surface area contributed by atoms with Gasteiger partial charge >= 0.3 is 0 Å². The first-order valence-electron chi connectivity index (χ1n) is 6.65. The molecule has 0 bridgehead atoms. The normalized spacial score (nSPS) is 19.6. The second-order valence-electron chi connectivity index (χ2n) is 5.03. The van der Waals surface area contributed by atoms with Crippen LogP contribution in [-0.4, -0.2) is 30.1 Å². The Kier molecular flexibility index (Phi) is 5.18. The fourth-order valence-corrected chi connectivity index (χ4v) is 3.13. The summed E-state index contributed by atoms with van der Waals surface area (Å²) < 4.78 is 0. The monoisotopic (exact) mass is 263 g/mol. The lowest BCUT2D eigenvalue weighted by atomic mass is 10.0. The summed E-state index contributed by atoms with van der Waals surface area (Å²) in [6.45, 7) is 5.37. The minimum Gasteiger partial charge on any atom is -0.310 e. The minimum atomic E-state index is 0.410. The van der Waals surface area contributed by atoms with Gasteiger partial charge in [-0.15, -0.1) is 0 Å². The molecule has 1 atom stereocenters. The highest BCUT2D eigenvalue weighted by Gasteiger charge is 2.21. The molecule has 2 heterocycles. The van der Waals surface area contributed by atoms with Crippen LogP contribution in [-0.2, 0) is 6.54 Å². The number of hydrogen-bond donors (Lipinski definition) is 1. The smallest absolute Gasteiger partial charge is 0.0638 e. The summed E-state index contributed by atoms with van der Waals surface area (Å²) >= 11 is 1.76. The van der Waals surface area contributed by atoms with E-state index >= 15 is 0 Å². The Bertz CT molecular complexity index is 374. The number of nitrogens with one attached hydrogen (secondary N) is 1. The van der Waals surface area contributed by atoms with Crippen LogP contribution in [0.1, 0.15) is 31.7 Å². The summed E-state index contributed by atoms with van der Waals surface area (Å²) in [7, 11) is 0. The Morgan fingerprint density at radius 3 is 2.94 bits per heavy atom. The Morgan fingerprint density at radius 1 is 1.56 bits per heavy atom. The zero-order valence-electron chi connectivity index (χ0n) is 10.9. The van der Waals surface area contributed by atoms with Crippen LogP contribution >= 0.6 is 11.3 Å². The van der Waals surface area contributed by atoms with Gasteiger partial charge in [-0.25, -0.2) is 0 Å². The molecule has 1 aromatic heterocycles. The fraction of sp³-hybridized carbons (Fsp3) is 0.643. The Hall–Kier alpha value is -0.890. The highest BCUT2D eigenvalue weighted by molar-refractivity contribution is 7.07. The lowest BCUT2D eigenvalue weighted by Crippen LogP contribution is -2.45. The van der Waals surface area contributed by atoms with Crippen molar-refractivity contribution >= 4 is 11.3 Å². The van der Waals surface area contributed by atoms with Crippen molar-refractivity contribution in [3.63, 3.8) is 0 Å². The third-order valence-corrected chi connectivity index (χ3v) is 4.45. The van der Waals surface area contributed by atoms with Crippen LogP contribution in [0.4, 0.5) is 0 Å². The molecule has 0 radical (unpaired) electrons. The van der Waals surface area contributed by atoms with Crippen molar-refractivity contribution in [2.75, 3.05) is 13.1 Å². The zero-order valence-corrected chi connectivity index (χ0v) is 11.7. The van der Waals surface area contributed by atoms with Gasteiger partial charge in [0.1, 0.15) is 0 Å². The molecular formula is C14H21N3S. The van der Waals surface area contributed by atoms with E-state index in [9.17, 15) is 0 Å². The van der Waals surface area contributed by atoms with Crippen LogP contribution in [0.25, 0.3) is 0 Å². The maximum absolute atomic E-state index is 8.72. The van der Waals surface area contributed by atoms with Gasteiger partial charge in [-0.3, -0.25) is 4.90 Å². The van der Waals surface area contributed by atoms with Crippen LogP contribution in [0, 0.1) is 11.3 Å². The highest BCUT2D eigenvalue weighted by Crippen LogP contribution is 2.15. The Morgan fingerprint density at radius 2 is 2.33 bits per heavy atom. The summed E-state index contributed by atoms with van der Waals surface area (Å²) in [5.74, 6) is 0. The largest absolute Gasteiger partial charge is 0.310 e. The molecule has 3 nitrogen and oxygen atoms in total. The van der Waals surface area contributed by atoms with E-state index in [0.29, 0.717) is 18.5 Å². The maximum Gasteiger partial charge on any atom is 0.0638 e. The third-order valence-electron chi connectivity index (χ3n) is 3.71. The molecule has 98 valence electrons. The summed E-state index contributed by atoms with van der Waals surface area (Å²) in [5, 5.41) is 16.7. The molecule has 4 heteroatoms. The van der Waals surface area contributed by atoms with E-state index in [1.54, 1.807) is 11.3 Å². The fourth-order valence-electron chi connectivity index (χ4n) is 2.46. The number of nitriles is 1. The van der Waals surface area contributed by atoms with Gasteiger partial charge in [0.05, 0.1) is 12.5 Å². The Balaban J connectivity index is 1.69. The molecule has 0 spiro atoms. The lowest BCUT2D eigenvalue weighted by Gasteiger charge is -2.35. The number of likely N-dealkylation sites (tertiary alicyclic amines) is 1. The van der Waals surface area contributed by atoms with Crippen LogP contribution in [0.15, 0.2) is 16.8 Å². The summed E-state index contributed by atoms with van der Waals surface area (Å²) in [6, 6.07) is 5.49. The van der Waals surface area contributed by atoms with Gasteiger partial charge in [-0.2, -0.15) is 16.6 Å². The van der Waals surface area contributed by atoms with Gasteiger partial charge < -0.3 is 5.32 Å². The topological polar surface area (TPSA) is 39.1 Å². The van der Waals surface area contributed by atoms with Crippen LogP contribution in [0.5, 0.6) is 0 Å². The predicted octanol–water partition coefficient (Wildman–Crippen LogP) is 2.60. The number of rotatable bonds is 5. The van der Waals surface area contributed by atoms with Crippen LogP contribution < -0.4 is 5.32 Å². The maximum atomic E-state index is 8.72. The molecule has 18 heavy (non-hydrogen) atoms. The zero-order chi connectivity index (χ0) is 12.8. The lowest BCUT2D eigenvalue weighted by molar-refractivity contribution is 0.153. The number of nitrogens with zero attached hydrogens (tertiary/aromatic N) is 2. The van der Waals surface area contributed by atoms with Crippen molar-refractivity contribution in [2.24, 2.45) is 0 Å². The van der Waals surface area contributed by atoms with Crippen LogP contribution in [0.2, 0.25) is 0 Å². The second-order valence-corrected chi connectivity index (χ2v) is 5.81. The molecule has 1 fully saturated rings. The molecule has 2 rings (SSSR count). The average molecular weight is 263 g/mol. The van der Waals surface area contributed by atoms with Crippen LogP contribution in [0.3, 0.4) is 0 Å². The molecule has 1 aromatic rings. The second kappa shape index (κ2) is 6.89. The molecular weight excluding hydrogens is 242 g/mol. The van der Waals surface area contributed by atoms with E-state index in [-0.39, 0.29) is 0 Å². The van der Waals surface area contributed by atoms with E-state index in [4.69, 9.17) is 5.26 Å². The number of hydrogen-bond acceptors (Lipinski definition) is 4. The molecule has 1 N–H and O–H groups in total. The molecule has 1 saturated heterocycles. The quantitative estimate of drug-likeness (QED) is 0.887. The average Bonchev–Trinajstić information content (AvgIpc) is 2.90. The van der Waals surface area contributed by atoms with Gasteiger partial charge in [0, 0.05) is 18.6 Å². The van der Waals surface area contributed by atoms with Crippen molar-refractivity contribution < 1.29 is 0 Å². The molecule has 0 saturated carbocycles. The number of piperidine rings is 1. The van der Waals surface area contributed by atoms with E-state index in [0.717, 1.165) is 19.6 Å². The van der Waals surface area contributed by atoms with Gasteiger partial charge in [0.25, 0.3) is 0 Å². The molecule has 1 aliphatic rings. The van der Waals surface area contributed by atoms with Crippen molar-refractivity contribution in [1.29, 1.82) is 5.26 Å². The summed E-state index contributed by atoms with van der Waals surface area (Å²) in [4.78, 5) is 2.44. The first-order valence-corrected chi connectivity index (χ1v) is 7.59. The molecule has 1 aliphatic heterocycles. The molecule has 0 aromatic carbocycles. The predicted molar refractivity (Wildman–Crippen MR) is 75.4 cm³/mol. The van der Waals surface area contributed by atoms with Gasteiger partial charge in [0.15, 0.2) is 0 Å². The van der Waals surface area contributed by atoms with Crippen molar-refractivity contribution in [3.05, 3.63) is 22.4 Å². The van der Waals surface area contributed by atoms with E-state index in [1.807, 2.05) is 0 Å². The summed E-state index contributed by atoms with van der Waals surface area (Å²) in [6.07, 6.45) is 3.03. The highest BCUT2D eigenvalue weighted by atomic mass is 32.1. The van der Waals surface area contributed by atoms with Gasteiger partial charge in [0.2, 0.25) is 0 Å². The first kappa shape index (κ1) is 13.5. The van der Waals surface area contributed by atoms with Crippen molar-refractivity contribution in [3.8, 4) is 6.07 Å². The van der Waals surface area contributed by atoms with Crippen molar-refractivity contribution in [1.82, 2.24) is 10.2 Å². The standard InChI is InChI=1S/C14H21N3S/c1-12(2-6-15)17-7-3-14(4-8-17)16-10-13-5-9-18-11-13/h5,9,11-12,14,16H,2-4,7-8,10H2,1H3/t12-/m1/s1. The number of thiophene rings is 1. The van der Waals surface area contributed by atoms with Crippen molar-refractivity contribution in [2.45, 2.75) is 44.8 Å². The van der Waals surface area contributed by atoms with E-state index in [2.05, 4.69) is 40.0 Å².